The van der Waals surface area contributed by atoms with E-state index in [2.05, 4.69) is 31.0 Å². The van der Waals surface area contributed by atoms with Gasteiger partial charge in [0.2, 0.25) is 5.88 Å². The summed E-state index contributed by atoms with van der Waals surface area (Å²) in [5, 5.41) is 2.50. The fraction of sp³-hybridized carbons (Fsp3) is 0.389. The van der Waals surface area contributed by atoms with Gasteiger partial charge in [-0.15, -0.1) is 0 Å². The van der Waals surface area contributed by atoms with Gasteiger partial charge in [-0.2, -0.15) is 0 Å². The minimum atomic E-state index is -1.57. The first-order chi connectivity index (χ1) is 13.2. The van der Waals surface area contributed by atoms with E-state index >= 15 is 0 Å². The van der Waals surface area contributed by atoms with Gasteiger partial charge in [-0.1, -0.05) is 0 Å². The number of alkyl carbamates (subject to hydrolysis) is 1. The van der Waals surface area contributed by atoms with Crippen LogP contribution in [0.3, 0.4) is 0 Å². The molecule has 1 aliphatic heterocycles. The van der Waals surface area contributed by atoms with Gasteiger partial charge in [-0.25, -0.2) is 18.6 Å². The van der Waals surface area contributed by atoms with Crippen molar-refractivity contribution < 1.29 is 27.8 Å². The zero-order chi connectivity index (χ0) is 20.5. The van der Waals surface area contributed by atoms with Gasteiger partial charge in [0.05, 0.1) is 7.11 Å². The SMILES string of the molecule is COC(=O)NCCN1C(=O)[C@](C)(C2C=C(F)C=C(F)C2)Oc2ncc(Br)cc21. The van der Waals surface area contributed by atoms with Gasteiger partial charge in [0, 0.05) is 42.2 Å². The van der Waals surface area contributed by atoms with Crippen molar-refractivity contribution in [1.29, 1.82) is 0 Å². The predicted molar refractivity (Wildman–Crippen MR) is 100 cm³/mol. The fourth-order valence-corrected chi connectivity index (χ4v) is 3.50. The van der Waals surface area contributed by atoms with E-state index in [0.29, 0.717) is 10.2 Å². The highest BCUT2D eigenvalue weighted by Crippen LogP contribution is 2.43. The van der Waals surface area contributed by atoms with E-state index in [1.807, 2.05) is 0 Å². The maximum Gasteiger partial charge on any atom is 0.406 e. The standard InChI is InChI=1S/C18H18BrF2N3O4/c1-18(10-5-12(20)8-13(21)6-10)16(25)24(4-3-22-17(26)27-2)14-7-11(19)9-23-15(14)28-18/h5,7-10H,3-4,6H2,1-2H3,(H,22,26)/t10?,18-/m0/s1. The van der Waals surface area contributed by atoms with Gasteiger partial charge < -0.3 is 19.7 Å². The molecule has 1 aliphatic carbocycles. The van der Waals surface area contributed by atoms with Crippen LogP contribution < -0.4 is 15.0 Å². The number of hydrogen-bond donors (Lipinski definition) is 1. The molecule has 1 N–H and O–H groups in total. The Kier molecular flexibility index (Phi) is 5.69. The molecule has 3 rings (SSSR count). The van der Waals surface area contributed by atoms with Crippen LogP contribution in [0.15, 0.2) is 40.5 Å². The number of pyridine rings is 1. The molecule has 0 bridgehead atoms. The molecule has 28 heavy (non-hydrogen) atoms. The lowest BCUT2D eigenvalue weighted by Crippen LogP contribution is -2.59. The summed E-state index contributed by atoms with van der Waals surface area (Å²) in [7, 11) is 1.23. The topological polar surface area (TPSA) is 80.8 Å². The first-order valence-corrected chi connectivity index (χ1v) is 9.25. The van der Waals surface area contributed by atoms with E-state index in [-0.39, 0.29) is 25.4 Å². The molecular weight excluding hydrogens is 440 g/mol. The van der Waals surface area contributed by atoms with E-state index < -0.39 is 35.2 Å². The number of fused-ring (bicyclic) bond motifs is 1. The van der Waals surface area contributed by atoms with Crippen LogP contribution in [0.1, 0.15) is 13.3 Å². The van der Waals surface area contributed by atoms with Gasteiger partial charge in [0.15, 0.2) is 5.60 Å². The average molecular weight is 458 g/mol. The van der Waals surface area contributed by atoms with Crippen molar-refractivity contribution in [2.45, 2.75) is 18.9 Å². The third-order valence-corrected chi connectivity index (χ3v) is 5.07. The van der Waals surface area contributed by atoms with Crippen molar-refractivity contribution in [2.75, 3.05) is 25.1 Å². The molecule has 1 aromatic heterocycles. The number of anilines is 1. The Morgan fingerprint density at radius 1 is 1.54 bits per heavy atom. The molecule has 0 spiro atoms. The maximum absolute atomic E-state index is 13.8. The smallest absolute Gasteiger partial charge is 0.406 e. The number of ether oxygens (including phenoxy) is 2. The second kappa shape index (κ2) is 7.86. The zero-order valence-corrected chi connectivity index (χ0v) is 16.8. The second-order valence-electron chi connectivity index (χ2n) is 6.52. The molecule has 0 saturated carbocycles. The van der Waals surface area contributed by atoms with Crippen molar-refractivity contribution in [1.82, 2.24) is 10.3 Å². The quantitative estimate of drug-likeness (QED) is 0.748. The van der Waals surface area contributed by atoms with Crippen molar-refractivity contribution in [3.63, 3.8) is 0 Å². The number of allylic oxidation sites excluding steroid dienone is 3. The van der Waals surface area contributed by atoms with Crippen molar-refractivity contribution >= 4 is 33.6 Å². The van der Waals surface area contributed by atoms with E-state index in [0.717, 1.165) is 6.08 Å². The van der Waals surface area contributed by atoms with E-state index in [1.54, 1.807) is 6.07 Å². The second-order valence-corrected chi connectivity index (χ2v) is 7.43. The molecule has 0 radical (unpaired) electrons. The number of nitrogens with zero attached hydrogens (tertiary/aromatic N) is 2. The minimum Gasteiger partial charge on any atom is -0.459 e. The number of carbonyl (C=O) groups is 2. The molecule has 150 valence electrons. The van der Waals surface area contributed by atoms with E-state index in [9.17, 15) is 18.4 Å². The monoisotopic (exact) mass is 457 g/mol. The first-order valence-electron chi connectivity index (χ1n) is 8.46. The predicted octanol–water partition coefficient (Wildman–Crippen LogP) is 3.41. The highest BCUT2D eigenvalue weighted by atomic mass is 79.9. The summed E-state index contributed by atoms with van der Waals surface area (Å²) in [4.78, 5) is 30.2. The molecular formula is C18H18BrF2N3O4. The van der Waals surface area contributed by atoms with Gasteiger partial charge >= 0.3 is 6.09 Å². The molecule has 1 unspecified atom stereocenters. The zero-order valence-electron chi connectivity index (χ0n) is 15.2. The number of carbonyl (C=O) groups excluding carboxylic acids is 2. The number of nitrogens with one attached hydrogen (secondary N) is 1. The number of methoxy groups -OCH3 is 1. The molecule has 10 heteroatoms. The van der Waals surface area contributed by atoms with Crippen LogP contribution in [-0.2, 0) is 9.53 Å². The van der Waals surface area contributed by atoms with Crippen LogP contribution in [0.4, 0.5) is 19.3 Å². The van der Waals surface area contributed by atoms with Gasteiger partial charge in [-0.3, -0.25) is 4.79 Å². The molecule has 0 aromatic carbocycles. The molecule has 2 amide bonds. The normalized spacial score (nSPS) is 24.0. The van der Waals surface area contributed by atoms with Crippen molar-refractivity contribution in [3.8, 4) is 5.88 Å². The third-order valence-electron chi connectivity index (χ3n) is 4.64. The molecule has 1 aromatic rings. The third kappa shape index (κ3) is 3.87. The summed E-state index contributed by atoms with van der Waals surface area (Å²) < 4.78 is 38.6. The lowest BCUT2D eigenvalue weighted by atomic mass is 9.81. The molecule has 0 fully saturated rings. The van der Waals surface area contributed by atoms with Crippen LogP contribution >= 0.6 is 15.9 Å². The number of amides is 2. The average Bonchev–Trinajstić information content (AvgIpc) is 2.64. The summed E-state index contributed by atoms with van der Waals surface area (Å²) in [6, 6.07) is 1.65. The summed E-state index contributed by atoms with van der Waals surface area (Å²) in [6.45, 7) is 1.68. The van der Waals surface area contributed by atoms with Gasteiger partial charge in [-0.05, 0) is 35.0 Å². The molecule has 7 nitrogen and oxygen atoms in total. The number of hydrogen-bond acceptors (Lipinski definition) is 5. The molecule has 0 saturated heterocycles. The molecule has 2 heterocycles. The summed E-state index contributed by atoms with van der Waals surface area (Å²) >= 11 is 3.30. The highest BCUT2D eigenvalue weighted by molar-refractivity contribution is 9.10. The summed E-state index contributed by atoms with van der Waals surface area (Å²) in [5.74, 6) is -2.63. The highest BCUT2D eigenvalue weighted by Gasteiger charge is 2.51. The lowest BCUT2D eigenvalue weighted by Gasteiger charge is -2.43. The maximum atomic E-state index is 13.8. The van der Waals surface area contributed by atoms with Crippen LogP contribution in [-0.4, -0.2) is 42.8 Å². The summed E-state index contributed by atoms with van der Waals surface area (Å²) in [5.41, 5.74) is -1.18. The Labute approximate surface area is 168 Å². The summed E-state index contributed by atoms with van der Waals surface area (Å²) in [6.07, 6.45) is 2.65. The Bertz CT molecular complexity index is 876. The minimum absolute atomic E-state index is 0.0925. The Morgan fingerprint density at radius 2 is 2.29 bits per heavy atom. The molecule has 2 atom stereocenters. The molecule has 2 aliphatic rings. The van der Waals surface area contributed by atoms with Crippen LogP contribution in [0.5, 0.6) is 5.88 Å². The van der Waals surface area contributed by atoms with Crippen molar-refractivity contribution in [3.05, 3.63) is 40.5 Å². The largest absolute Gasteiger partial charge is 0.459 e. The van der Waals surface area contributed by atoms with E-state index in [4.69, 9.17) is 4.74 Å². The van der Waals surface area contributed by atoms with Gasteiger partial charge in [0.1, 0.15) is 17.3 Å². The Morgan fingerprint density at radius 3 is 2.96 bits per heavy atom. The Balaban J connectivity index is 1.94. The number of aromatic nitrogens is 1. The van der Waals surface area contributed by atoms with E-state index in [1.165, 1.54) is 31.2 Å². The number of halogens is 3. The van der Waals surface area contributed by atoms with Crippen LogP contribution in [0, 0.1) is 5.92 Å². The van der Waals surface area contributed by atoms with Crippen LogP contribution in [0.25, 0.3) is 0 Å². The van der Waals surface area contributed by atoms with Gasteiger partial charge in [0.25, 0.3) is 5.91 Å². The first kappa shape index (κ1) is 20.2. The number of rotatable bonds is 4. The fourth-order valence-electron chi connectivity index (χ4n) is 3.18. The van der Waals surface area contributed by atoms with Crippen LogP contribution in [0.2, 0.25) is 0 Å². The Hall–Kier alpha value is -2.49. The lowest BCUT2D eigenvalue weighted by molar-refractivity contribution is -0.137. The van der Waals surface area contributed by atoms with Crippen molar-refractivity contribution in [2.24, 2.45) is 5.92 Å².